The van der Waals surface area contributed by atoms with Crippen molar-refractivity contribution in [3.63, 3.8) is 0 Å². The molecule has 250 valence electrons. The molecule has 1 aliphatic carbocycles. The number of nitrogens with zero attached hydrogens (tertiary/aromatic N) is 1. The lowest BCUT2D eigenvalue weighted by molar-refractivity contribution is 0.490. The van der Waals surface area contributed by atoms with E-state index >= 15 is 0 Å². The van der Waals surface area contributed by atoms with E-state index in [1.807, 2.05) is 0 Å². The highest BCUT2D eigenvalue weighted by atomic mass is 15.1. The minimum Gasteiger partial charge on any atom is -0.310 e. The van der Waals surface area contributed by atoms with Crippen molar-refractivity contribution in [1.82, 2.24) is 0 Å². The summed E-state index contributed by atoms with van der Waals surface area (Å²) >= 11 is 0. The number of benzene rings is 8. The number of anilines is 3. The van der Waals surface area contributed by atoms with Crippen LogP contribution in [0.3, 0.4) is 0 Å². The van der Waals surface area contributed by atoms with Gasteiger partial charge in [-0.05, 0) is 122 Å². The predicted molar refractivity (Wildman–Crippen MR) is 222 cm³/mol. The quantitative estimate of drug-likeness (QED) is 0.156. The molecule has 8 aromatic carbocycles. The lowest BCUT2D eigenvalue weighted by Gasteiger charge is -2.31. The van der Waals surface area contributed by atoms with E-state index in [9.17, 15) is 0 Å². The van der Waals surface area contributed by atoms with Gasteiger partial charge in [-0.1, -0.05) is 159 Å². The summed E-state index contributed by atoms with van der Waals surface area (Å²) in [4.78, 5) is 2.41. The summed E-state index contributed by atoms with van der Waals surface area (Å²) in [7, 11) is 0. The molecule has 8 aromatic rings. The molecule has 0 fully saturated rings. The van der Waals surface area contributed by atoms with Gasteiger partial charge in [0.25, 0.3) is 0 Å². The van der Waals surface area contributed by atoms with Gasteiger partial charge in [-0.15, -0.1) is 0 Å². The van der Waals surface area contributed by atoms with E-state index in [0.717, 1.165) is 24.2 Å². The lowest BCUT2D eigenvalue weighted by Crippen LogP contribution is -2.23. The normalized spacial score (nSPS) is 12.7. The molecule has 0 atom stereocenters. The second-order valence-corrected chi connectivity index (χ2v) is 13.9. The fourth-order valence-electron chi connectivity index (χ4n) is 8.78. The van der Waals surface area contributed by atoms with E-state index in [1.165, 1.54) is 72.1 Å². The molecule has 0 radical (unpaired) electrons. The van der Waals surface area contributed by atoms with E-state index in [0.29, 0.717) is 0 Å². The molecule has 0 heterocycles. The van der Waals surface area contributed by atoms with Gasteiger partial charge in [-0.25, -0.2) is 0 Å². The highest BCUT2D eigenvalue weighted by Gasteiger charge is 2.40. The molecule has 0 amide bonds. The van der Waals surface area contributed by atoms with E-state index in [-0.39, 0.29) is 5.41 Å². The van der Waals surface area contributed by atoms with Gasteiger partial charge in [0.15, 0.2) is 0 Å². The van der Waals surface area contributed by atoms with Crippen molar-refractivity contribution in [2.45, 2.75) is 32.1 Å². The van der Waals surface area contributed by atoms with Gasteiger partial charge in [-0.2, -0.15) is 0 Å². The maximum absolute atomic E-state index is 2.46. The minimum absolute atomic E-state index is 0.0115. The third kappa shape index (κ3) is 5.16. The van der Waals surface area contributed by atoms with Crippen molar-refractivity contribution in [3.05, 3.63) is 199 Å². The van der Waals surface area contributed by atoms with Gasteiger partial charge < -0.3 is 4.90 Å². The molecule has 1 heteroatoms. The van der Waals surface area contributed by atoms with E-state index < -0.39 is 0 Å². The zero-order valence-electron chi connectivity index (χ0n) is 29.8. The summed E-state index contributed by atoms with van der Waals surface area (Å²) < 4.78 is 0. The first kappa shape index (κ1) is 31.8. The first-order valence-electron chi connectivity index (χ1n) is 18.6. The van der Waals surface area contributed by atoms with Gasteiger partial charge in [-0.3, -0.25) is 0 Å². The molecular formula is C51H41N. The number of para-hydroxylation sites is 1. The van der Waals surface area contributed by atoms with Crippen molar-refractivity contribution in [2.75, 3.05) is 4.90 Å². The van der Waals surface area contributed by atoms with Gasteiger partial charge in [0.1, 0.15) is 0 Å². The third-order valence-electron chi connectivity index (χ3n) is 11.4. The zero-order valence-corrected chi connectivity index (χ0v) is 29.8. The average molecular weight is 668 g/mol. The second-order valence-electron chi connectivity index (χ2n) is 13.9. The summed E-state index contributed by atoms with van der Waals surface area (Å²) in [5.41, 5.74) is 16.5. The van der Waals surface area contributed by atoms with Crippen LogP contribution >= 0.6 is 0 Å². The molecule has 52 heavy (non-hydrogen) atoms. The second kappa shape index (κ2) is 13.2. The standard InChI is InChI=1S/C51H41N/c1-3-51(4-2)48-27-17-16-25-43(48)44-33-32-41(34-49(44)51)52(39-22-12-7-13-23-39)40-30-28-37(29-31-40)46-35-47(36-18-8-5-9-19-36)50(38-20-10-6-11-21-38)45-26-15-14-24-42(45)46/h5-35H,3-4H2,1-2H3. The molecule has 0 saturated carbocycles. The van der Waals surface area contributed by atoms with Crippen molar-refractivity contribution >= 4 is 27.8 Å². The van der Waals surface area contributed by atoms with Gasteiger partial charge in [0.05, 0.1) is 0 Å². The summed E-state index contributed by atoms with van der Waals surface area (Å²) in [5.74, 6) is 0. The Balaban J connectivity index is 1.19. The highest BCUT2D eigenvalue weighted by molar-refractivity contribution is 6.10. The summed E-state index contributed by atoms with van der Waals surface area (Å²) in [6.07, 6.45) is 2.14. The van der Waals surface area contributed by atoms with Crippen molar-refractivity contribution in [2.24, 2.45) is 0 Å². The van der Waals surface area contributed by atoms with Gasteiger partial charge >= 0.3 is 0 Å². The average Bonchev–Trinajstić information content (AvgIpc) is 3.51. The Morgan fingerprint density at radius 1 is 0.365 bits per heavy atom. The molecule has 0 bridgehead atoms. The molecule has 0 aliphatic heterocycles. The van der Waals surface area contributed by atoms with Crippen LogP contribution in [0.4, 0.5) is 17.1 Å². The predicted octanol–water partition coefficient (Wildman–Crippen LogP) is 14.4. The summed E-state index contributed by atoms with van der Waals surface area (Å²) in [5, 5.41) is 2.51. The molecule has 9 rings (SSSR count). The Morgan fingerprint density at radius 3 is 1.58 bits per heavy atom. The van der Waals surface area contributed by atoms with Crippen LogP contribution in [0.1, 0.15) is 37.8 Å². The molecule has 1 nitrogen and oxygen atoms in total. The summed E-state index contributed by atoms with van der Waals surface area (Å²) in [6.45, 7) is 4.68. The van der Waals surface area contributed by atoms with E-state index in [1.54, 1.807) is 0 Å². The fraction of sp³-hybridized carbons (Fsp3) is 0.0980. The first-order chi connectivity index (χ1) is 25.7. The van der Waals surface area contributed by atoms with Crippen LogP contribution in [0.5, 0.6) is 0 Å². The highest BCUT2D eigenvalue weighted by Crippen LogP contribution is 2.54. The Kier molecular flexibility index (Phi) is 8.05. The SMILES string of the molecule is CCC1(CC)c2ccccc2-c2ccc(N(c3ccccc3)c3ccc(-c4cc(-c5ccccc5)c(-c5ccccc5)c5ccccc45)cc3)cc21. The third-order valence-corrected chi connectivity index (χ3v) is 11.4. The Bertz CT molecular complexity index is 2510. The molecule has 0 N–H and O–H groups in total. The lowest BCUT2D eigenvalue weighted by atomic mass is 9.74. The first-order valence-corrected chi connectivity index (χ1v) is 18.6. The number of fused-ring (bicyclic) bond motifs is 4. The monoisotopic (exact) mass is 667 g/mol. The largest absolute Gasteiger partial charge is 0.310 e. The number of rotatable bonds is 8. The fourth-order valence-corrected chi connectivity index (χ4v) is 8.78. The van der Waals surface area contributed by atoms with Crippen LogP contribution in [0.25, 0.3) is 55.3 Å². The zero-order chi connectivity index (χ0) is 35.1. The topological polar surface area (TPSA) is 3.24 Å². The summed E-state index contributed by atoms with van der Waals surface area (Å²) in [6, 6.07) is 69.0. The van der Waals surface area contributed by atoms with Crippen molar-refractivity contribution in [1.29, 1.82) is 0 Å². The Labute approximate surface area is 307 Å². The van der Waals surface area contributed by atoms with Gasteiger partial charge in [0, 0.05) is 22.5 Å². The van der Waals surface area contributed by atoms with E-state index in [2.05, 4.69) is 207 Å². The van der Waals surface area contributed by atoms with Crippen molar-refractivity contribution in [3.8, 4) is 44.5 Å². The van der Waals surface area contributed by atoms with Crippen LogP contribution in [0, 0.1) is 0 Å². The van der Waals surface area contributed by atoms with Gasteiger partial charge in [0.2, 0.25) is 0 Å². The molecule has 0 saturated heterocycles. The smallest absolute Gasteiger partial charge is 0.0465 e. The minimum atomic E-state index is 0.0115. The molecular weight excluding hydrogens is 627 g/mol. The van der Waals surface area contributed by atoms with Crippen molar-refractivity contribution < 1.29 is 0 Å². The van der Waals surface area contributed by atoms with Crippen LogP contribution in [-0.4, -0.2) is 0 Å². The maximum Gasteiger partial charge on any atom is 0.0465 e. The molecule has 0 unspecified atom stereocenters. The molecule has 0 spiro atoms. The molecule has 0 aromatic heterocycles. The maximum atomic E-state index is 2.46. The Hall–Kier alpha value is -6.18. The van der Waals surface area contributed by atoms with E-state index in [4.69, 9.17) is 0 Å². The van der Waals surface area contributed by atoms with Crippen LogP contribution in [-0.2, 0) is 5.41 Å². The number of hydrogen-bond acceptors (Lipinski definition) is 1. The van der Waals surface area contributed by atoms with Crippen LogP contribution < -0.4 is 4.90 Å². The van der Waals surface area contributed by atoms with Crippen LogP contribution in [0.15, 0.2) is 188 Å². The molecule has 1 aliphatic rings. The van der Waals surface area contributed by atoms with Crippen LogP contribution in [0.2, 0.25) is 0 Å². The Morgan fingerprint density at radius 2 is 0.885 bits per heavy atom. The number of hydrogen-bond donors (Lipinski definition) is 0.